The summed E-state index contributed by atoms with van der Waals surface area (Å²) < 4.78 is 13.3. The molecule has 0 aliphatic heterocycles. The van der Waals surface area contributed by atoms with Gasteiger partial charge in [0.2, 0.25) is 11.8 Å². The number of nitrogens with two attached hydrogens (primary N) is 1. The molecule has 1 unspecified atom stereocenters. The van der Waals surface area contributed by atoms with Crippen LogP contribution >= 0.6 is 0 Å². The Morgan fingerprint density at radius 1 is 1.42 bits per heavy atom. The third kappa shape index (κ3) is 2.45. The summed E-state index contributed by atoms with van der Waals surface area (Å²) in [6, 6.07) is 5.35. The number of rotatable bonds is 4. The molecule has 0 spiro atoms. The van der Waals surface area contributed by atoms with E-state index in [1.807, 2.05) is 0 Å². The van der Waals surface area contributed by atoms with Crippen LogP contribution in [0.1, 0.15) is 31.7 Å². The van der Waals surface area contributed by atoms with Crippen LogP contribution in [0, 0.1) is 5.82 Å². The van der Waals surface area contributed by atoms with Gasteiger partial charge < -0.3 is 11.1 Å². The number of hydrogen-bond donors (Lipinski definition) is 2. The van der Waals surface area contributed by atoms with Crippen molar-refractivity contribution in [2.24, 2.45) is 5.73 Å². The zero-order valence-electron chi connectivity index (χ0n) is 10.8. The summed E-state index contributed by atoms with van der Waals surface area (Å²) in [5.41, 5.74) is 5.08. The molecule has 2 amide bonds. The zero-order chi connectivity index (χ0) is 14.0. The highest BCUT2D eigenvalue weighted by Crippen LogP contribution is 2.44. The van der Waals surface area contributed by atoms with E-state index in [1.54, 1.807) is 12.1 Å². The maximum atomic E-state index is 13.3. The maximum absolute atomic E-state index is 13.3. The van der Waals surface area contributed by atoms with Crippen molar-refractivity contribution in [1.82, 2.24) is 5.32 Å². The number of amides is 2. The summed E-state index contributed by atoms with van der Waals surface area (Å²) in [5.74, 6) is -1.20. The smallest absolute Gasteiger partial charge is 0.239 e. The molecule has 0 heterocycles. The molecule has 0 radical (unpaired) electrons. The van der Waals surface area contributed by atoms with Crippen molar-refractivity contribution in [3.8, 4) is 0 Å². The topological polar surface area (TPSA) is 72.2 Å². The predicted octanol–water partition coefficient (Wildman–Crippen LogP) is 1.24. The highest BCUT2D eigenvalue weighted by molar-refractivity contribution is 5.93. The average molecular weight is 264 g/mol. The van der Waals surface area contributed by atoms with E-state index in [0.717, 1.165) is 6.42 Å². The van der Waals surface area contributed by atoms with Crippen molar-refractivity contribution < 1.29 is 14.0 Å². The lowest BCUT2D eigenvalue weighted by atomic mass is 9.63. The lowest BCUT2D eigenvalue weighted by Gasteiger charge is -2.41. The first-order valence-corrected chi connectivity index (χ1v) is 6.32. The Kier molecular flexibility index (Phi) is 3.55. The Balaban J connectivity index is 2.23. The second-order valence-corrected chi connectivity index (χ2v) is 5.04. The van der Waals surface area contributed by atoms with Gasteiger partial charge in [-0.25, -0.2) is 4.39 Å². The summed E-state index contributed by atoms with van der Waals surface area (Å²) >= 11 is 0. The largest absolute Gasteiger partial charge is 0.368 e. The first-order chi connectivity index (χ1) is 8.95. The van der Waals surface area contributed by atoms with Crippen LogP contribution in [-0.4, -0.2) is 17.9 Å². The van der Waals surface area contributed by atoms with Crippen molar-refractivity contribution >= 4 is 11.8 Å². The Hall–Kier alpha value is -1.91. The fourth-order valence-corrected chi connectivity index (χ4v) is 2.37. The van der Waals surface area contributed by atoms with Crippen LogP contribution in [0.25, 0.3) is 0 Å². The third-order valence-corrected chi connectivity index (χ3v) is 3.79. The molecule has 1 fully saturated rings. The van der Waals surface area contributed by atoms with E-state index in [0.29, 0.717) is 18.4 Å². The molecule has 1 aliphatic carbocycles. The molecule has 1 aromatic carbocycles. The zero-order valence-corrected chi connectivity index (χ0v) is 10.8. The average Bonchev–Trinajstić information content (AvgIpc) is 2.27. The lowest BCUT2D eigenvalue weighted by molar-refractivity contribution is -0.133. The highest BCUT2D eigenvalue weighted by Gasteiger charge is 2.46. The van der Waals surface area contributed by atoms with E-state index in [2.05, 4.69) is 5.32 Å². The van der Waals surface area contributed by atoms with Crippen molar-refractivity contribution in [3.63, 3.8) is 0 Å². The molecule has 1 aromatic rings. The van der Waals surface area contributed by atoms with E-state index in [9.17, 15) is 14.0 Å². The molecular formula is C14H17FN2O2. The number of carbonyl (C=O) groups is 2. The minimum Gasteiger partial charge on any atom is -0.368 e. The number of halogens is 1. The van der Waals surface area contributed by atoms with Crippen LogP contribution < -0.4 is 11.1 Å². The van der Waals surface area contributed by atoms with E-state index >= 15 is 0 Å². The van der Waals surface area contributed by atoms with Gasteiger partial charge in [0, 0.05) is 0 Å². The van der Waals surface area contributed by atoms with Crippen LogP contribution in [0.15, 0.2) is 24.3 Å². The van der Waals surface area contributed by atoms with Crippen molar-refractivity contribution in [2.75, 3.05) is 0 Å². The van der Waals surface area contributed by atoms with Crippen molar-refractivity contribution in [2.45, 2.75) is 37.6 Å². The van der Waals surface area contributed by atoms with Gasteiger partial charge in [-0.15, -0.1) is 0 Å². The Morgan fingerprint density at radius 2 is 2.11 bits per heavy atom. The summed E-state index contributed by atoms with van der Waals surface area (Å²) in [6.07, 6.45) is 2.23. The van der Waals surface area contributed by atoms with Crippen LogP contribution in [0.2, 0.25) is 0 Å². The van der Waals surface area contributed by atoms with Gasteiger partial charge in [0.05, 0.1) is 5.41 Å². The van der Waals surface area contributed by atoms with Crippen LogP contribution in [0.4, 0.5) is 4.39 Å². The predicted molar refractivity (Wildman–Crippen MR) is 68.7 cm³/mol. The molecule has 19 heavy (non-hydrogen) atoms. The number of carbonyl (C=O) groups excluding carboxylic acids is 2. The molecular weight excluding hydrogens is 247 g/mol. The lowest BCUT2D eigenvalue weighted by Crippen LogP contribution is -2.54. The van der Waals surface area contributed by atoms with Crippen molar-refractivity contribution in [3.05, 3.63) is 35.6 Å². The fraction of sp³-hybridized carbons (Fsp3) is 0.429. The molecule has 3 N–H and O–H groups in total. The van der Waals surface area contributed by atoms with E-state index < -0.39 is 17.4 Å². The fourth-order valence-electron chi connectivity index (χ4n) is 2.37. The maximum Gasteiger partial charge on any atom is 0.239 e. The molecule has 0 bridgehead atoms. The molecule has 1 saturated carbocycles. The van der Waals surface area contributed by atoms with E-state index in [4.69, 9.17) is 5.73 Å². The minimum absolute atomic E-state index is 0.254. The summed E-state index contributed by atoms with van der Waals surface area (Å²) in [5, 5.41) is 2.60. The molecule has 1 atom stereocenters. The van der Waals surface area contributed by atoms with Gasteiger partial charge in [-0.1, -0.05) is 18.6 Å². The SMILES string of the molecule is CC(NC(=O)C1(c2cccc(F)c2)CCC1)C(N)=O. The van der Waals surface area contributed by atoms with Gasteiger partial charge in [0.15, 0.2) is 0 Å². The summed E-state index contributed by atoms with van der Waals surface area (Å²) in [7, 11) is 0. The molecule has 0 aromatic heterocycles. The van der Waals surface area contributed by atoms with Gasteiger partial charge in [-0.3, -0.25) is 9.59 Å². The molecule has 0 saturated heterocycles. The number of hydrogen-bond acceptors (Lipinski definition) is 2. The van der Waals surface area contributed by atoms with Crippen LogP contribution in [-0.2, 0) is 15.0 Å². The first-order valence-electron chi connectivity index (χ1n) is 6.32. The van der Waals surface area contributed by atoms with Crippen LogP contribution in [0.3, 0.4) is 0 Å². The normalized spacial score (nSPS) is 18.2. The summed E-state index contributed by atoms with van der Waals surface area (Å²) in [6.45, 7) is 1.54. The van der Waals surface area contributed by atoms with Crippen molar-refractivity contribution in [1.29, 1.82) is 0 Å². The Morgan fingerprint density at radius 3 is 2.58 bits per heavy atom. The number of primary amides is 1. The van der Waals surface area contributed by atoms with E-state index in [-0.39, 0.29) is 11.7 Å². The summed E-state index contributed by atoms with van der Waals surface area (Å²) in [4.78, 5) is 23.3. The first kappa shape index (κ1) is 13.5. The minimum atomic E-state index is -0.724. The van der Waals surface area contributed by atoms with Gasteiger partial charge in [0.25, 0.3) is 0 Å². The Labute approximate surface area is 111 Å². The number of benzene rings is 1. The second kappa shape index (κ2) is 4.99. The van der Waals surface area contributed by atoms with Gasteiger partial charge >= 0.3 is 0 Å². The third-order valence-electron chi connectivity index (χ3n) is 3.79. The second-order valence-electron chi connectivity index (χ2n) is 5.04. The van der Waals surface area contributed by atoms with Gasteiger partial charge in [-0.2, -0.15) is 0 Å². The molecule has 102 valence electrons. The quantitative estimate of drug-likeness (QED) is 0.858. The van der Waals surface area contributed by atoms with Crippen LogP contribution in [0.5, 0.6) is 0 Å². The van der Waals surface area contributed by atoms with E-state index in [1.165, 1.54) is 19.1 Å². The monoisotopic (exact) mass is 264 g/mol. The standard InChI is InChI=1S/C14H17FN2O2/c1-9(12(16)18)17-13(19)14(6-3-7-14)10-4-2-5-11(15)8-10/h2,4-5,8-9H,3,6-7H2,1H3,(H2,16,18)(H,17,19). The Bertz CT molecular complexity index is 512. The molecule has 5 heteroatoms. The van der Waals surface area contributed by atoms with Gasteiger partial charge in [-0.05, 0) is 37.5 Å². The van der Waals surface area contributed by atoms with Gasteiger partial charge in [0.1, 0.15) is 11.9 Å². The highest BCUT2D eigenvalue weighted by atomic mass is 19.1. The molecule has 2 rings (SSSR count). The molecule has 1 aliphatic rings. The molecule has 4 nitrogen and oxygen atoms in total. The number of nitrogens with one attached hydrogen (secondary N) is 1.